The van der Waals surface area contributed by atoms with Gasteiger partial charge in [0.05, 0.1) is 0 Å². The van der Waals surface area contributed by atoms with Crippen molar-refractivity contribution in [2.75, 3.05) is 6.54 Å². The molecule has 0 atom stereocenters. The van der Waals surface area contributed by atoms with Gasteiger partial charge in [0, 0.05) is 18.1 Å². The lowest BCUT2D eigenvalue weighted by atomic mass is 9.90. The number of hydrogen-bond acceptors (Lipinski definition) is 2. The maximum atomic E-state index is 5.94. The molecule has 2 aliphatic carbocycles. The fourth-order valence-corrected chi connectivity index (χ4v) is 2.76. The minimum atomic E-state index is 0.494. The molecule has 0 unspecified atom stereocenters. The van der Waals surface area contributed by atoms with Crippen LogP contribution in [0.2, 0.25) is 0 Å². The SMILES string of the molecule is CCCN(C1CCC(N)CC1)C1CC1. The van der Waals surface area contributed by atoms with E-state index in [4.69, 9.17) is 5.73 Å². The summed E-state index contributed by atoms with van der Waals surface area (Å²) in [5, 5.41) is 0. The molecule has 2 heteroatoms. The van der Waals surface area contributed by atoms with Gasteiger partial charge in [-0.3, -0.25) is 4.90 Å². The summed E-state index contributed by atoms with van der Waals surface area (Å²) in [7, 11) is 0. The van der Waals surface area contributed by atoms with Crippen molar-refractivity contribution in [1.29, 1.82) is 0 Å². The topological polar surface area (TPSA) is 29.3 Å². The molecule has 0 aromatic heterocycles. The molecule has 2 saturated carbocycles. The number of hydrogen-bond donors (Lipinski definition) is 1. The molecule has 0 amide bonds. The minimum absolute atomic E-state index is 0.494. The first-order valence-electron chi connectivity index (χ1n) is 6.32. The van der Waals surface area contributed by atoms with Crippen LogP contribution in [0, 0.1) is 0 Å². The van der Waals surface area contributed by atoms with Crippen LogP contribution in [0.5, 0.6) is 0 Å². The van der Waals surface area contributed by atoms with E-state index in [1.165, 1.54) is 51.5 Å². The summed E-state index contributed by atoms with van der Waals surface area (Å²) in [6.45, 7) is 3.61. The van der Waals surface area contributed by atoms with E-state index < -0.39 is 0 Å². The van der Waals surface area contributed by atoms with Gasteiger partial charge in [-0.25, -0.2) is 0 Å². The normalized spacial score (nSPS) is 33.6. The third-order valence-corrected chi connectivity index (χ3v) is 3.71. The van der Waals surface area contributed by atoms with E-state index in [9.17, 15) is 0 Å². The van der Waals surface area contributed by atoms with Gasteiger partial charge in [0.15, 0.2) is 0 Å². The van der Waals surface area contributed by atoms with Crippen molar-refractivity contribution in [2.24, 2.45) is 5.73 Å². The van der Waals surface area contributed by atoms with Gasteiger partial charge >= 0.3 is 0 Å². The number of nitrogens with two attached hydrogens (primary N) is 1. The fraction of sp³-hybridized carbons (Fsp3) is 1.00. The van der Waals surface area contributed by atoms with Crippen LogP contribution in [-0.4, -0.2) is 29.6 Å². The fourth-order valence-electron chi connectivity index (χ4n) is 2.76. The molecule has 2 N–H and O–H groups in total. The zero-order valence-corrected chi connectivity index (χ0v) is 9.41. The zero-order chi connectivity index (χ0) is 9.97. The molecule has 2 nitrogen and oxygen atoms in total. The Labute approximate surface area is 87.8 Å². The lowest BCUT2D eigenvalue weighted by Crippen LogP contribution is -2.42. The van der Waals surface area contributed by atoms with Crippen molar-refractivity contribution in [3.8, 4) is 0 Å². The van der Waals surface area contributed by atoms with Crippen molar-refractivity contribution in [2.45, 2.75) is 70.0 Å². The molecule has 0 aromatic rings. The maximum absolute atomic E-state index is 5.94. The van der Waals surface area contributed by atoms with Gasteiger partial charge in [-0.05, 0) is 51.5 Å². The highest BCUT2D eigenvalue weighted by Gasteiger charge is 2.34. The van der Waals surface area contributed by atoms with Crippen LogP contribution in [0.25, 0.3) is 0 Å². The Morgan fingerprint density at radius 3 is 1.93 bits per heavy atom. The van der Waals surface area contributed by atoms with Gasteiger partial charge in [0.25, 0.3) is 0 Å². The molecule has 0 aliphatic heterocycles. The van der Waals surface area contributed by atoms with E-state index in [2.05, 4.69) is 11.8 Å². The van der Waals surface area contributed by atoms with Crippen LogP contribution in [0.1, 0.15) is 51.9 Å². The van der Waals surface area contributed by atoms with Crippen LogP contribution in [0.15, 0.2) is 0 Å². The van der Waals surface area contributed by atoms with E-state index in [0.717, 1.165) is 12.1 Å². The summed E-state index contributed by atoms with van der Waals surface area (Å²) in [5.41, 5.74) is 5.94. The third-order valence-electron chi connectivity index (χ3n) is 3.71. The van der Waals surface area contributed by atoms with Gasteiger partial charge in [-0.2, -0.15) is 0 Å². The first kappa shape index (κ1) is 10.4. The Morgan fingerprint density at radius 1 is 1.00 bits per heavy atom. The quantitative estimate of drug-likeness (QED) is 0.746. The molecule has 82 valence electrons. The molecular weight excluding hydrogens is 172 g/mol. The van der Waals surface area contributed by atoms with Crippen molar-refractivity contribution in [1.82, 2.24) is 4.90 Å². The molecule has 0 saturated heterocycles. The first-order valence-corrected chi connectivity index (χ1v) is 6.32. The lowest BCUT2D eigenvalue weighted by Gasteiger charge is -2.36. The first-order chi connectivity index (χ1) is 6.81. The minimum Gasteiger partial charge on any atom is -0.328 e. The Hall–Kier alpha value is -0.0800. The second-order valence-electron chi connectivity index (χ2n) is 5.04. The molecular formula is C12H24N2. The predicted octanol–water partition coefficient (Wildman–Crippen LogP) is 2.13. The average molecular weight is 196 g/mol. The molecule has 0 heterocycles. The Bertz CT molecular complexity index is 169. The largest absolute Gasteiger partial charge is 0.328 e. The summed E-state index contributed by atoms with van der Waals surface area (Å²) in [5.74, 6) is 0. The maximum Gasteiger partial charge on any atom is 0.00993 e. The second kappa shape index (κ2) is 4.63. The van der Waals surface area contributed by atoms with Crippen LogP contribution in [-0.2, 0) is 0 Å². The summed E-state index contributed by atoms with van der Waals surface area (Å²) < 4.78 is 0. The van der Waals surface area contributed by atoms with Gasteiger partial charge in [-0.15, -0.1) is 0 Å². The molecule has 0 aromatic carbocycles. The number of rotatable bonds is 4. The van der Waals surface area contributed by atoms with Crippen LogP contribution < -0.4 is 5.73 Å². The van der Waals surface area contributed by atoms with Crippen LogP contribution in [0.3, 0.4) is 0 Å². The molecule has 0 spiro atoms. The Balaban J connectivity index is 1.84. The molecule has 2 aliphatic rings. The molecule has 0 radical (unpaired) electrons. The average Bonchev–Trinajstić information content (AvgIpc) is 2.99. The van der Waals surface area contributed by atoms with E-state index in [0.29, 0.717) is 6.04 Å². The smallest absolute Gasteiger partial charge is 0.00993 e. The van der Waals surface area contributed by atoms with Gasteiger partial charge in [-0.1, -0.05) is 6.92 Å². The second-order valence-corrected chi connectivity index (χ2v) is 5.04. The van der Waals surface area contributed by atoms with E-state index >= 15 is 0 Å². The van der Waals surface area contributed by atoms with Crippen molar-refractivity contribution >= 4 is 0 Å². The lowest BCUT2D eigenvalue weighted by molar-refractivity contribution is 0.141. The van der Waals surface area contributed by atoms with Gasteiger partial charge in [0.1, 0.15) is 0 Å². The number of nitrogens with zero attached hydrogens (tertiary/aromatic N) is 1. The molecule has 14 heavy (non-hydrogen) atoms. The molecule has 2 fully saturated rings. The summed E-state index contributed by atoms with van der Waals surface area (Å²) in [4.78, 5) is 2.77. The Morgan fingerprint density at radius 2 is 1.50 bits per heavy atom. The zero-order valence-electron chi connectivity index (χ0n) is 9.41. The van der Waals surface area contributed by atoms with E-state index in [1.54, 1.807) is 0 Å². The standard InChI is InChI=1S/C12H24N2/c1-2-9-14(12-7-8-12)11-5-3-10(13)4-6-11/h10-12H,2-9,13H2,1H3. The monoisotopic (exact) mass is 196 g/mol. The van der Waals surface area contributed by atoms with Crippen molar-refractivity contribution in [3.63, 3.8) is 0 Å². The molecule has 0 bridgehead atoms. The van der Waals surface area contributed by atoms with Crippen LogP contribution >= 0.6 is 0 Å². The van der Waals surface area contributed by atoms with Gasteiger partial charge < -0.3 is 5.73 Å². The van der Waals surface area contributed by atoms with Gasteiger partial charge in [0.2, 0.25) is 0 Å². The Kier molecular flexibility index (Phi) is 3.45. The summed E-state index contributed by atoms with van der Waals surface area (Å²) >= 11 is 0. The van der Waals surface area contributed by atoms with E-state index in [1.807, 2.05) is 0 Å². The summed E-state index contributed by atoms with van der Waals surface area (Å²) in [6.07, 6.45) is 9.38. The van der Waals surface area contributed by atoms with Crippen molar-refractivity contribution in [3.05, 3.63) is 0 Å². The predicted molar refractivity (Wildman–Crippen MR) is 60.3 cm³/mol. The molecule has 2 rings (SSSR count). The van der Waals surface area contributed by atoms with Crippen molar-refractivity contribution < 1.29 is 0 Å². The highest BCUT2D eigenvalue weighted by Crippen LogP contribution is 2.33. The summed E-state index contributed by atoms with van der Waals surface area (Å²) in [6, 6.07) is 2.30. The highest BCUT2D eigenvalue weighted by atomic mass is 15.2. The van der Waals surface area contributed by atoms with Crippen LogP contribution in [0.4, 0.5) is 0 Å². The third kappa shape index (κ3) is 2.48. The van der Waals surface area contributed by atoms with E-state index in [-0.39, 0.29) is 0 Å². The highest BCUT2D eigenvalue weighted by molar-refractivity contribution is 4.91.